The lowest BCUT2D eigenvalue weighted by atomic mass is 10.2. The van der Waals surface area contributed by atoms with Gasteiger partial charge in [0, 0.05) is 0 Å². The molecule has 0 fully saturated rings. The van der Waals surface area contributed by atoms with Crippen molar-refractivity contribution < 1.29 is 43.3 Å². The number of aromatic amines is 1. The van der Waals surface area contributed by atoms with Gasteiger partial charge in [0.2, 0.25) is 0 Å². The lowest BCUT2D eigenvalue weighted by Crippen LogP contribution is -2.16. The van der Waals surface area contributed by atoms with Gasteiger partial charge in [0.05, 0.1) is 45.7 Å². The zero-order valence-corrected chi connectivity index (χ0v) is 23.5. The second-order valence-corrected chi connectivity index (χ2v) is 12.9. The predicted octanol–water partition coefficient (Wildman–Crippen LogP) is 2.70. The summed E-state index contributed by atoms with van der Waals surface area (Å²) in [4.78, 5) is 12.4. The van der Waals surface area contributed by atoms with E-state index in [-0.39, 0.29) is 44.0 Å². The number of sulfone groups is 1. The molecule has 2 aromatic carbocycles. The molecule has 1 aromatic heterocycles. The van der Waals surface area contributed by atoms with E-state index >= 15 is 0 Å². The molecule has 0 aliphatic rings. The number of methoxy groups -OCH3 is 1. The summed E-state index contributed by atoms with van der Waals surface area (Å²) in [5.41, 5.74) is -0.459. The molecule has 39 heavy (non-hydrogen) atoms. The van der Waals surface area contributed by atoms with E-state index in [2.05, 4.69) is 19.5 Å². The summed E-state index contributed by atoms with van der Waals surface area (Å²) >= 11 is 6.20. The van der Waals surface area contributed by atoms with Gasteiger partial charge in [-0.3, -0.25) is 19.0 Å². The molecule has 212 valence electrons. The van der Waals surface area contributed by atoms with Crippen molar-refractivity contribution in [3.8, 4) is 11.4 Å². The van der Waals surface area contributed by atoms with E-state index < -0.39 is 53.2 Å². The third-order valence-electron chi connectivity index (χ3n) is 5.14. The summed E-state index contributed by atoms with van der Waals surface area (Å²) in [6.45, 7) is 2.13. The molecule has 0 aliphatic heterocycles. The van der Waals surface area contributed by atoms with Gasteiger partial charge in [-0.15, -0.1) is 10.2 Å². The normalized spacial score (nSPS) is 12.8. The Kier molecular flexibility index (Phi) is 8.70. The number of azo groups is 1. The first kappa shape index (κ1) is 30.4. The molecular formula is C20H21ClN4O11S3. The zero-order valence-electron chi connectivity index (χ0n) is 20.3. The first-order valence-electron chi connectivity index (χ1n) is 10.5. The second-order valence-electron chi connectivity index (χ2n) is 7.87. The predicted molar refractivity (Wildman–Crippen MR) is 137 cm³/mol. The maximum Gasteiger partial charge on any atom is 0.397 e. The van der Waals surface area contributed by atoms with E-state index in [0.29, 0.717) is 0 Å². The van der Waals surface area contributed by atoms with Crippen molar-refractivity contribution >= 4 is 53.3 Å². The van der Waals surface area contributed by atoms with Gasteiger partial charge in [0.15, 0.2) is 15.5 Å². The topological polar surface area (TPSA) is 224 Å². The van der Waals surface area contributed by atoms with Gasteiger partial charge in [-0.05, 0) is 49.7 Å². The van der Waals surface area contributed by atoms with Crippen LogP contribution in [0.15, 0.2) is 55.1 Å². The first-order chi connectivity index (χ1) is 17.9. The number of ether oxygens (including phenoxy) is 1. The number of H-pyrrole nitrogens is 1. The summed E-state index contributed by atoms with van der Waals surface area (Å²) < 4.78 is 97.5. The van der Waals surface area contributed by atoms with Crippen LogP contribution in [0.25, 0.3) is 5.69 Å². The summed E-state index contributed by atoms with van der Waals surface area (Å²) in [5.74, 6) is -0.687. The average Bonchev–Trinajstić information content (AvgIpc) is 3.08. The monoisotopic (exact) mass is 624 g/mol. The number of halogens is 1. The van der Waals surface area contributed by atoms with Gasteiger partial charge < -0.3 is 4.74 Å². The molecule has 3 rings (SSSR count). The van der Waals surface area contributed by atoms with E-state index in [1.165, 1.54) is 33.1 Å². The van der Waals surface area contributed by atoms with Gasteiger partial charge >= 0.3 is 10.4 Å². The number of aryl methyl sites for hydroxylation is 2. The van der Waals surface area contributed by atoms with E-state index in [0.717, 1.165) is 22.9 Å². The molecular weight excluding hydrogens is 604 g/mol. The van der Waals surface area contributed by atoms with Crippen LogP contribution >= 0.6 is 11.6 Å². The molecule has 15 nitrogen and oxygen atoms in total. The second kappa shape index (κ2) is 11.2. The van der Waals surface area contributed by atoms with Crippen LogP contribution in [-0.2, 0) is 34.5 Å². The number of rotatable bonds is 10. The Bertz CT molecular complexity index is 1820. The number of hydrogen-bond donors (Lipinski definition) is 3. The maximum atomic E-state index is 13.1. The Morgan fingerprint density at radius 2 is 1.67 bits per heavy atom. The van der Waals surface area contributed by atoms with E-state index in [4.69, 9.17) is 20.9 Å². The summed E-state index contributed by atoms with van der Waals surface area (Å²) in [6.07, 6.45) is 0. The van der Waals surface area contributed by atoms with Crippen LogP contribution < -0.4 is 10.3 Å². The molecule has 0 amide bonds. The van der Waals surface area contributed by atoms with Crippen LogP contribution in [0, 0.1) is 13.8 Å². The highest BCUT2D eigenvalue weighted by atomic mass is 35.5. The van der Waals surface area contributed by atoms with Crippen molar-refractivity contribution in [3.63, 3.8) is 0 Å². The smallest absolute Gasteiger partial charge is 0.397 e. The molecule has 0 atom stereocenters. The maximum absolute atomic E-state index is 13.1. The number of benzene rings is 2. The SMILES string of the molecule is COc1ccc(S(=O)(=O)CCOS(=O)(=O)O)cc1N=Nc1c(C)[nH]n(-c2c(C)cc(S(=O)(=O)O)cc2Cl)c1=O. The fourth-order valence-electron chi connectivity index (χ4n) is 3.36. The number of hydrogen-bond acceptors (Lipinski definition) is 11. The molecule has 0 bridgehead atoms. The van der Waals surface area contributed by atoms with Gasteiger partial charge in [-0.25, -0.2) is 17.3 Å². The molecule has 19 heteroatoms. The third kappa shape index (κ3) is 7.10. The Morgan fingerprint density at radius 3 is 2.23 bits per heavy atom. The standard InChI is InChI=1S/C20H21ClN4O11S3/c1-11-8-14(38(29,30)31)9-15(21)19(11)25-20(26)18(12(2)24-25)23-22-16-10-13(4-5-17(16)35-3)37(27,28)7-6-36-39(32,33)34/h4-5,8-10,24H,6-7H2,1-3H3,(H,29,30,31)(H,32,33,34). The Morgan fingerprint density at radius 1 is 1.00 bits per heavy atom. The fraction of sp³-hybridized carbons (Fsp3) is 0.250. The van der Waals surface area contributed by atoms with Crippen LogP contribution in [-0.4, -0.2) is 63.6 Å². The fourth-order valence-corrected chi connectivity index (χ4v) is 5.87. The van der Waals surface area contributed by atoms with Gasteiger partial charge in [0.1, 0.15) is 11.4 Å². The molecule has 0 radical (unpaired) electrons. The molecule has 0 spiro atoms. The summed E-state index contributed by atoms with van der Waals surface area (Å²) in [5, 5.41) is 10.5. The molecule has 1 heterocycles. The molecule has 0 saturated heterocycles. The largest absolute Gasteiger partial charge is 0.494 e. The quantitative estimate of drug-likeness (QED) is 0.219. The van der Waals surface area contributed by atoms with Crippen molar-refractivity contribution in [3.05, 3.63) is 57.0 Å². The van der Waals surface area contributed by atoms with Crippen molar-refractivity contribution in [1.29, 1.82) is 0 Å². The minimum absolute atomic E-state index is 0.0902. The average molecular weight is 625 g/mol. The third-order valence-corrected chi connectivity index (χ3v) is 8.40. The van der Waals surface area contributed by atoms with E-state index in [9.17, 15) is 34.6 Å². The van der Waals surface area contributed by atoms with Crippen molar-refractivity contribution in [2.75, 3.05) is 19.5 Å². The van der Waals surface area contributed by atoms with Crippen molar-refractivity contribution in [2.45, 2.75) is 23.6 Å². The zero-order chi connectivity index (χ0) is 29.3. The Hall–Kier alpha value is -3.13. The first-order valence-corrected chi connectivity index (χ1v) is 15.3. The molecule has 3 N–H and O–H groups in total. The van der Waals surface area contributed by atoms with Crippen molar-refractivity contribution in [1.82, 2.24) is 9.78 Å². The molecule has 3 aromatic rings. The minimum atomic E-state index is -4.83. The highest BCUT2D eigenvalue weighted by molar-refractivity contribution is 7.91. The number of aromatic nitrogens is 2. The van der Waals surface area contributed by atoms with Crippen LogP contribution in [0.5, 0.6) is 5.75 Å². The van der Waals surface area contributed by atoms with E-state index in [1.54, 1.807) is 0 Å². The van der Waals surface area contributed by atoms with Crippen LogP contribution in [0.1, 0.15) is 11.3 Å². The van der Waals surface area contributed by atoms with Crippen LogP contribution in [0.3, 0.4) is 0 Å². The molecule has 0 saturated carbocycles. The van der Waals surface area contributed by atoms with Crippen LogP contribution in [0.4, 0.5) is 11.4 Å². The van der Waals surface area contributed by atoms with Crippen molar-refractivity contribution in [2.24, 2.45) is 10.2 Å². The minimum Gasteiger partial charge on any atom is -0.494 e. The Balaban J connectivity index is 2.01. The van der Waals surface area contributed by atoms with E-state index in [1.807, 2.05) is 0 Å². The number of nitrogens with one attached hydrogen (secondary N) is 1. The van der Waals surface area contributed by atoms with Gasteiger partial charge in [0.25, 0.3) is 15.7 Å². The lowest BCUT2D eigenvalue weighted by Gasteiger charge is -2.10. The van der Waals surface area contributed by atoms with Crippen LogP contribution in [0.2, 0.25) is 5.02 Å². The highest BCUT2D eigenvalue weighted by Gasteiger charge is 2.21. The lowest BCUT2D eigenvalue weighted by molar-refractivity contribution is 0.284. The molecule has 0 aliphatic carbocycles. The van der Waals surface area contributed by atoms with Gasteiger partial charge in [-0.2, -0.15) is 16.8 Å². The number of nitrogens with zero attached hydrogens (tertiary/aromatic N) is 3. The molecule has 0 unspecified atom stereocenters. The summed E-state index contributed by atoms with van der Waals surface area (Å²) in [7, 11) is -12.2. The Labute approximate surface area is 227 Å². The summed E-state index contributed by atoms with van der Waals surface area (Å²) in [6, 6.07) is 5.63. The highest BCUT2D eigenvalue weighted by Crippen LogP contribution is 2.33. The van der Waals surface area contributed by atoms with Gasteiger partial charge in [-0.1, -0.05) is 11.6 Å².